The lowest BCUT2D eigenvalue weighted by atomic mass is 9.88. The molecule has 0 bridgehead atoms. The number of aryl methyl sites for hydroxylation is 1. The van der Waals surface area contributed by atoms with Gasteiger partial charge in [-0.3, -0.25) is 0 Å². The van der Waals surface area contributed by atoms with Crippen molar-refractivity contribution in [2.24, 2.45) is 0 Å². The molecule has 0 radical (unpaired) electrons. The summed E-state index contributed by atoms with van der Waals surface area (Å²) in [6.07, 6.45) is 4.21. The summed E-state index contributed by atoms with van der Waals surface area (Å²) < 4.78 is 5.81. The van der Waals surface area contributed by atoms with Gasteiger partial charge >= 0.3 is 0 Å². The number of fused-ring (bicyclic) bond motifs is 2. The highest BCUT2D eigenvalue weighted by atomic mass is 16.5. The second-order valence-corrected chi connectivity index (χ2v) is 6.96. The molecule has 0 amide bonds. The lowest BCUT2D eigenvalue weighted by Crippen LogP contribution is -2.40. The summed E-state index contributed by atoms with van der Waals surface area (Å²) in [4.78, 5) is 3.16. The molecule has 4 rings (SSSR count). The first-order valence-electron chi connectivity index (χ1n) is 9.10. The van der Waals surface area contributed by atoms with Gasteiger partial charge in [0.1, 0.15) is 24.2 Å². The SMILES string of the molecule is Oc1ccc2c(c1)CC(NCC(O)COc1cccc3[nH]ccc13)CC2. The van der Waals surface area contributed by atoms with Crippen molar-refractivity contribution in [1.29, 1.82) is 0 Å². The number of rotatable bonds is 6. The number of hydrogen-bond donors (Lipinski definition) is 4. The number of hydrogen-bond acceptors (Lipinski definition) is 4. The molecule has 1 aliphatic rings. The van der Waals surface area contributed by atoms with E-state index in [-0.39, 0.29) is 6.61 Å². The van der Waals surface area contributed by atoms with Crippen molar-refractivity contribution in [3.05, 3.63) is 59.8 Å². The third kappa shape index (κ3) is 3.69. The standard InChI is InChI=1S/C21H24N2O3/c24-17-7-5-14-4-6-16(10-15(14)11-17)23-12-18(25)13-26-21-3-1-2-20-19(21)8-9-22-20/h1-3,5,7-9,11,16,18,22-25H,4,6,10,12-13H2. The molecule has 4 N–H and O–H groups in total. The van der Waals surface area contributed by atoms with Crippen LogP contribution in [0.1, 0.15) is 17.5 Å². The van der Waals surface area contributed by atoms with Crippen molar-refractivity contribution in [1.82, 2.24) is 10.3 Å². The van der Waals surface area contributed by atoms with Crippen molar-refractivity contribution < 1.29 is 14.9 Å². The third-order valence-electron chi connectivity index (χ3n) is 5.05. The highest BCUT2D eigenvalue weighted by Gasteiger charge is 2.19. The van der Waals surface area contributed by atoms with Gasteiger partial charge in [-0.05, 0) is 60.7 Å². The molecule has 0 saturated carbocycles. The number of ether oxygens (including phenoxy) is 1. The predicted molar refractivity (Wildman–Crippen MR) is 102 cm³/mol. The summed E-state index contributed by atoms with van der Waals surface area (Å²) in [6, 6.07) is 13.7. The first kappa shape index (κ1) is 16.9. The van der Waals surface area contributed by atoms with Gasteiger partial charge in [0.25, 0.3) is 0 Å². The van der Waals surface area contributed by atoms with E-state index in [1.807, 2.05) is 42.6 Å². The molecule has 26 heavy (non-hydrogen) atoms. The summed E-state index contributed by atoms with van der Waals surface area (Å²) >= 11 is 0. The lowest BCUT2D eigenvalue weighted by molar-refractivity contribution is 0.104. The first-order valence-corrected chi connectivity index (χ1v) is 9.10. The van der Waals surface area contributed by atoms with Gasteiger partial charge in [-0.25, -0.2) is 0 Å². The number of H-pyrrole nitrogens is 1. The van der Waals surface area contributed by atoms with Crippen LogP contribution in [0.25, 0.3) is 10.9 Å². The van der Waals surface area contributed by atoms with E-state index in [1.165, 1.54) is 11.1 Å². The van der Waals surface area contributed by atoms with Crippen LogP contribution in [0.15, 0.2) is 48.7 Å². The van der Waals surface area contributed by atoms with E-state index in [9.17, 15) is 10.2 Å². The lowest BCUT2D eigenvalue weighted by Gasteiger charge is -2.26. The normalized spacial score (nSPS) is 17.8. The largest absolute Gasteiger partial charge is 0.508 e. The summed E-state index contributed by atoms with van der Waals surface area (Å²) in [5, 5.41) is 24.4. The minimum absolute atomic E-state index is 0.251. The number of aromatic amines is 1. The molecule has 5 heteroatoms. The number of benzene rings is 2. The van der Waals surface area contributed by atoms with Gasteiger partial charge in [-0.2, -0.15) is 0 Å². The Morgan fingerprint density at radius 1 is 1.19 bits per heavy atom. The number of aromatic nitrogens is 1. The Bertz CT molecular complexity index is 890. The van der Waals surface area contributed by atoms with Gasteiger partial charge in [0.2, 0.25) is 0 Å². The molecule has 0 spiro atoms. The van der Waals surface area contributed by atoms with Crippen LogP contribution in [0.4, 0.5) is 0 Å². The van der Waals surface area contributed by atoms with Crippen LogP contribution in [0.2, 0.25) is 0 Å². The molecule has 3 aromatic rings. The van der Waals surface area contributed by atoms with Gasteiger partial charge in [-0.15, -0.1) is 0 Å². The molecule has 1 heterocycles. The zero-order valence-electron chi connectivity index (χ0n) is 14.6. The van der Waals surface area contributed by atoms with E-state index < -0.39 is 6.10 Å². The molecule has 0 aliphatic heterocycles. The minimum Gasteiger partial charge on any atom is -0.508 e. The fourth-order valence-corrected chi connectivity index (χ4v) is 3.65. The molecule has 0 fully saturated rings. The van der Waals surface area contributed by atoms with E-state index in [0.29, 0.717) is 18.3 Å². The summed E-state index contributed by atoms with van der Waals surface area (Å²) in [5.74, 6) is 1.10. The number of aliphatic hydroxyl groups is 1. The van der Waals surface area contributed by atoms with Crippen LogP contribution < -0.4 is 10.1 Å². The Morgan fingerprint density at radius 2 is 2.12 bits per heavy atom. The van der Waals surface area contributed by atoms with Crippen molar-refractivity contribution >= 4 is 10.9 Å². The zero-order chi connectivity index (χ0) is 17.9. The van der Waals surface area contributed by atoms with E-state index in [2.05, 4.69) is 10.3 Å². The van der Waals surface area contributed by atoms with Crippen LogP contribution in [0.3, 0.4) is 0 Å². The summed E-state index contributed by atoms with van der Waals surface area (Å²) in [5.41, 5.74) is 3.53. The third-order valence-corrected chi connectivity index (χ3v) is 5.05. The molecular weight excluding hydrogens is 328 g/mol. The molecule has 136 valence electrons. The Labute approximate surface area is 152 Å². The molecule has 0 saturated heterocycles. The monoisotopic (exact) mass is 352 g/mol. The number of aliphatic hydroxyl groups excluding tert-OH is 1. The summed E-state index contributed by atoms with van der Waals surface area (Å²) in [6.45, 7) is 0.739. The van der Waals surface area contributed by atoms with Crippen LogP contribution in [0.5, 0.6) is 11.5 Å². The van der Waals surface area contributed by atoms with Gasteiger partial charge in [-0.1, -0.05) is 12.1 Å². The van der Waals surface area contributed by atoms with E-state index >= 15 is 0 Å². The first-order chi connectivity index (χ1) is 12.7. The Balaban J connectivity index is 1.28. The van der Waals surface area contributed by atoms with Crippen molar-refractivity contribution in [3.63, 3.8) is 0 Å². The fourth-order valence-electron chi connectivity index (χ4n) is 3.65. The van der Waals surface area contributed by atoms with Crippen molar-refractivity contribution in [3.8, 4) is 11.5 Å². The Kier molecular flexibility index (Phi) is 4.82. The maximum absolute atomic E-state index is 10.3. The van der Waals surface area contributed by atoms with Gasteiger partial charge in [0.15, 0.2) is 0 Å². The van der Waals surface area contributed by atoms with Gasteiger partial charge in [0, 0.05) is 29.7 Å². The highest BCUT2D eigenvalue weighted by molar-refractivity contribution is 5.85. The topological polar surface area (TPSA) is 77.5 Å². The molecule has 2 atom stereocenters. The smallest absolute Gasteiger partial charge is 0.128 e. The Hall–Kier alpha value is -2.50. The zero-order valence-corrected chi connectivity index (χ0v) is 14.6. The molecule has 1 aliphatic carbocycles. The molecule has 5 nitrogen and oxygen atoms in total. The van der Waals surface area contributed by atoms with E-state index in [4.69, 9.17) is 4.74 Å². The number of nitrogens with one attached hydrogen (secondary N) is 2. The average Bonchev–Trinajstić information content (AvgIpc) is 3.13. The quantitative estimate of drug-likeness (QED) is 0.550. The summed E-state index contributed by atoms with van der Waals surface area (Å²) in [7, 11) is 0. The second-order valence-electron chi connectivity index (χ2n) is 6.96. The number of phenols is 1. The molecule has 2 unspecified atom stereocenters. The average molecular weight is 352 g/mol. The van der Waals surface area contributed by atoms with Crippen LogP contribution in [-0.2, 0) is 12.8 Å². The number of aromatic hydroxyl groups is 1. The van der Waals surface area contributed by atoms with Crippen molar-refractivity contribution in [2.45, 2.75) is 31.4 Å². The fraction of sp³-hybridized carbons (Fsp3) is 0.333. The highest BCUT2D eigenvalue weighted by Crippen LogP contribution is 2.26. The van der Waals surface area contributed by atoms with Gasteiger partial charge in [0.05, 0.1) is 0 Å². The minimum atomic E-state index is -0.574. The van der Waals surface area contributed by atoms with Crippen LogP contribution in [0, 0.1) is 0 Å². The molecule has 2 aromatic carbocycles. The number of phenolic OH excluding ortho intramolecular Hbond substituents is 1. The maximum Gasteiger partial charge on any atom is 0.128 e. The second kappa shape index (κ2) is 7.40. The maximum atomic E-state index is 10.3. The molecule has 1 aromatic heterocycles. The Morgan fingerprint density at radius 3 is 3.04 bits per heavy atom. The molecular formula is C21H24N2O3. The predicted octanol–water partition coefficient (Wildman–Crippen LogP) is 2.76. The van der Waals surface area contributed by atoms with Gasteiger partial charge < -0.3 is 25.3 Å². The van der Waals surface area contributed by atoms with E-state index in [0.717, 1.165) is 35.9 Å². The van der Waals surface area contributed by atoms with Crippen molar-refractivity contribution in [2.75, 3.05) is 13.2 Å². The van der Waals surface area contributed by atoms with Crippen LogP contribution in [-0.4, -0.2) is 40.5 Å². The van der Waals surface area contributed by atoms with Crippen LogP contribution >= 0.6 is 0 Å². The van der Waals surface area contributed by atoms with E-state index in [1.54, 1.807) is 6.07 Å².